The third kappa shape index (κ3) is 7.53. The summed E-state index contributed by atoms with van der Waals surface area (Å²) < 4.78 is 41.5. The smallest absolute Gasteiger partial charge is 0.391 e. The minimum Gasteiger partial charge on any atom is -0.391 e. The van der Waals surface area contributed by atoms with Crippen molar-refractivity contribution in [3.8, 4) is 0 Å². The summed E-state index contributed by atoms with van der Waals surface area (Å²) in [6, 6.07) is 0. The SMILES string of the molecule is C=C(C(=O)Nc1ncnc2nc[nH]c12)C(F)(F)F.CSC.OC1CCOC1. The molecular formula is C15H20F3N5O3S. The van der Waals surface area contributed by atoms with Crippen molar-refractivity contribution in [2.45, 2.75) is 18.7 Å². The second-order valence-corrected chi connectivity index (χ2v) is 6.00. The summed E-state index contributed by atoms with van der Waals surface area (Å²) in [6.45, 7) is 3.96. The molecule has 0 aromatic carbocycles. The normalized spacial score (nSPS) is 16.0. The summed E-state index contributed by atoms with van der Waals surface area (Å²) in [5, 5.41) is 10.6. The average Bonchev–Trinajstić information content (AvgIpc) is 3.26. The lowest BCUT2D eigenvalue weighted by Gasteiger charge is -2.09. The first-order valence-electron chi connectivity index (χ1n) is 7.58. The fraction of sp³-hybridized carbons (Fsp3) is 0.467. The zero-order chi connectivity index (χ0) is 20.4. The number of aliphatic hydroxyl groups is 1. The molecule has 27 heavy (non-hydrogen) atoms. The number of rotatable bonds is 2. The lowest BCUT2D eigenvalue weighted by molar-refractivity contribution is -0.126. The number of carbonyl (C=O) groups excluding carboxylic acids is 1. The maximum atomic E-state index is 12.2. The van der Waals surface area contributed by atoms with Gasteiger partial charge in [-0.1, -0.05) is 6.58 Å². The van der Waals surface area contributed by atoms with Gasteiger partial charge < -0.3 is 20.1 Å². The third-order valence-electron chi connectivity index (χ3n) is 2.98. The van der Waals surface area contributed by atoms with E-state index in [0.717, 1.165) is 19.4 Å². The molecular weight excluding hydrogens is 387 g/mol. The number of ether oxygens (including phenoxy) is 1. The van der Waals surface area contributed by atoms with Gasteiger partial charge in [-0.3, -0.25) is 4.79 Å². The van der Waals surface area contributed by atoms with Crippen molar-refractivity contribution < 1.29 is 27.8 Å². The first-order chi connectivity index (χ1) is 12.7. The number of anilines is 1. The number of carbonyl (C=O) groups is 1. The predicted octanol–water partition coefficient (Wildman–Crippen LogP) is 2.16. The molecule has 1 aliphatic rings. The molecule has 0 spiro atoms. The summed E-state index contributed by atoms with van der Waals surface area (Å²) in [6.07, 6.45) is 2.30. The number of hydrogen-bond donors (Lipinski definition) is 3. The molecule has 1 unspecified atom stereocenters. The number of imidazole rings is 1. The van der Waals surface area contributed by atoms with Crippen LogP contribution in [0.2, 0.25) is 0 Å². The maximum Gasteiger partial charge on any atom is 0.421 e. The van der Waals surface area contributed by atoms with Gasteiger partial charge in [-0.25, -0.2) is 15.0 Å². The van der Waals surface area contributed by atoms with Gasteiger partial charge in [0.15, 0.2) is 11.5 Å². The van der Waals surface area contributed by atoms with Crippen LogP contribution in [-0.4, -0.2) is 69.0 Å². The number of fused-ring (bicyclic) bond motifs is 1. The van der Waals surface area contributed by atoms with Crippen LogP contribution in [0, 0.1) is 0 Å². The van der Waals surface area contributed by atoms with Gasteiger partial charge in [0, 0.05) is 6.61 Å². The standard InChI is InChI=1S/C9H6F3N5O.C4H8O2.C2H6S/c1-4(9(10,11)12)8(18)17-7-5-6(14-2-13-5)15-3-16-7;5-4-1-2-6-3-4;1-3-2/h2-3H,1H2,(H2,13,14,15,16,17,18);4-5H,1-3H2;1-2H3. The fourth-order valence-corrected chi connectivity index (χ4v) is 1.69. The number of alkyl halides is 3. The first kappa shape index (κ1) is 22.9. The molecule has 1 saturated heterocycles. The zero-order valence-electron chi connectivity index (χ0n) is 14.7. The number of nitrogens with one attached hydrogen (secondary N) is 2. The van der Waals surface area contributed by atoms with Crippen molar-refractivity contribution in [1.82, 2.24) is 19.9 Å². The van der Waals surface area contributed by atoms with E-state index >= 15 is 0 Å². The number of halogens is 3. The maximum absolute atomic E-state index is 12.2. The molecule has 0 saturated carbocycles. The van der Waals surface area contributed by atoms with E-state index < -0.39 is 17.7 Å². The first-order valence-corrected chi connectivity index (χ1v) is 9.21. The Hall–Kier alpha value is -2.18. The van der Waals surface area contributed by atoms with Crippen LogP contribution in [0.15, 0.2) is 24.8 Å². The third-order valence-corrected chi connectivity index (χ3v) is 2.98. The molecule has 3 N–H and O–H groups in total. The highest BCUT2D eigenvalue weighted by Gasteiger charge is 2.37. The largest absolute Gasteiger partial charge is 0.421 e. The molecule has 0 radical (unpaired) electrons. The number of hydrogen-bond acceptors (Lipinski definition) is 7. The minimum absolute atomic E-state index is 0.0899. The van der Waals surface area contributed by atoms with Crippen molar-refractivity contribution >= 4 is 34.7 Å². The Bertz CT molecular complexity index is 748. The molecule has 0 bridgehead atoms. The lowest BCUT2D eigenvalue weighted by atomic mass is 10.3. The van der Waals surface area contributed by atoms with Crippen LogP contribution in [-0.2, 0) is 9.53 Å². The molecule has 3 heterocycles. The van der Waals surface area contributed by atoms with Gasteiger partial charge in [-0.05, 0) is 18.9 Å². The van der Waals surface area contributed by atoms with E-state index in [1.807, 2.05) is 17.8 Å². The molecule has 2 aromatic rings. The lowest BCUT2D eigenvalue weighted by Crippen LogP contribution is -2.25. The van der Waals surface area contributed by atoms with Gasteiger partial charge in [0.1, 0.15) is 17.4 Å². The average molecular weight is 407 g/mol. The van der Waals surface area contributed by atoms with E-state index in [-0.39, 0.29) is 23.1 Å². The van der Waals surface area contributed by atoms with Crippen molar-refractivity contribution in [2.75, 3.05) is 31.0 Å². The highest BCUT2D eigenvalue weighted by atomic mass is 32.2. The molecule has 0 aliphatic carbocycles. The topological polar surface area (TPSA) is 113 Å². The Balaban J connectivity index is 0.000000335. The summed E-state index contributed by atoms with van der Waals surface area (Å²) in [5.41, 5.74) is -1.03. The van der Waals surface area contributed by atoms with Crippen molar-refractivity contribution in [2.24, 2.45) is 0 Å². The van der Waals surface area contributed by atoms with Crippen LogP contribution in [0.3, 0.4) is 0 Å². The van der Waals surface area contributed by atoms with E-state index in [1.165, 1.54) is 6.33 Å². The minimum atomic E-state index is -4.79. The second kappa shape index (κ2) is 10.8. The molecule has 8 nitrogen and oxygen atoms in total. The van der Waals surface area contributed by atoms with Gasteiger partial charge in [0.2, 0.25) is 0 Å². The van der Waals surface area contributed by atoms with Crippen LogP contribution in [0.5, 0.6) is 0 Å². The molecule has 1 fully saturated rings. The quantitative estimate of drug-likeness (QED) is 0.654. The van der Waals surface area contributed by atoms with Crippen molar-refractivity contribution in [3.63, 3.8) is 0 Å². The van der Waals surface area contributed by atoms with Crippen LogP contribution in [0.25, 0.3) is 11.2 Å². The van der Waals surface area contributed by atoms with E-state index in [9.17, 15) is 18.0 Å². The predicted molar refractivity (Wildman–Crippen MR) is 96.4 cm³/mol. The van der Waals surface area contributed by atoms with Gasteiger partial charge >= 0.3 is 6.18 Å². The van der Waals surface area contributed by atoms with Crippen molar-refractivity contribution in [1.29, 1.82) is 0 Å². The number of amides is 1. The number of thioether (sulfide) groups is 1. The molecule has 3 rings (SSSR count). The zero-order valence-corrected chi connectivity index (χ0v) is 15.5. The Kier molecular flexibility index (Phi) is 9.18. The molecule has 2 aromatic heterocycles. The molecule has 1 amide bonds. The summed E-state index contributed by atoms with van der Waals surface area (Å²) in [5.74, 6) is -1.47. The number of H-pyrrole nitrogens is 1. The second-order valence-electron chi connectivity index (χ2n) is 5.18. The highest BCUT2D eigenvalue weighted by Crippen LogP contribution is 2.25. The van der Waals surface area contributed by atoms with E-state index in [1.54, 1.807) is 11.8 Å². The summed E-state index contributed by atoms with van der Waals surface area (Å²) in [7, 11) is 0. The Morgan fingerprint density at radius 2 is 2.07 bits per heavy atom. The number of aromatic amines is 1. The molecule has 12 heteroatoms. The van der Waals surface area contributed by atoms with Crippen LogP contribution in [0.1, 0.15) is 6.42 Å². The molecule has 1 atom stereocenters. The molecule has 1 aliphatic heterocycles. The van der Waals surface area contributed by atoms with E-state index in [0.29, 0.717) is 6.61 Å². The summed E-state index contributed by atoms with van der Waals surface area (Å²) in [4.78, 5) is 25.1. The summed E-state index contributed by atoms with van der Waals surface area (Å²) >= 11 is 1.75. The van der Waals surface area contributed by atoms with Gasteiger partial charge in [-0.2, -0.15) is 24.9 Å². The van der Waals surface area contributed by atoms with Crippen LogP contribution >= 0.6 is 11.8 Å². The number of nitrogens with zero attached hydrogens (tertiary/aromatic N) is 3. The number of aliphatic hydroxyl groups excluding tert-OH is 1. The number of aromatic nitrogens is 4. The highest BCUT2D eigenvalue weighted by molar-refractivity contribution is 7.97. The molecule has 150 valence electrons. The Labute approximate surface area is 157 Å². The Morgan fingerprint density at radius 3 is 2.56 bits per heavy atom. The van der Waals surface area contributed by atoms with Gasteiger partial charge in [-0.15, -0.1) is 0 Å². The van der Waals surface area contributed by atoms with E-state index in [4.69, 9.17) is 9.84 Å². The van der Waals surface area contributed by atoms with Crippen LogP contribution < -0.4 is 5.32 Å². The van der Waals surface area contributed by atoms with Crippen LogP contribution in [0.4, 0.5) is 19.0 Å². The van der Waals surface area contributed by atoms with Gasteiger partial charge in [0.05, 0.1) is 19.0 Å². The van der Waals surface area contributed by atoms with Crippen molar-refractivity contribution in [3.05, 3.63) is 24.8 Å². The fourth-order valence-electron chi connectivity index (χ4n) is 1.69. The Morgan fingerprint density at radius 1 is 1.41 bits per heavy atom. The van der Waals surface area contributed by atoms with Gasteiger partial charge in [0.25, 0.3) is 5.91 Å². The monoisotopic (exact) mass is 407 g/mol. The van der Waals surface area contributed by atoms with E-state index in [2.05, 4.69) is 26.5 Å².